The van der Waals surface area contributed by atoms with Crippen LogP contribution in [-0.4, -0.2) is 17.1 Å². The number of rotatable bonds is 3. The molecular formula is C14H25NO2. The smallest absolute Gasteiger partial charge is 0.221 e. The number of carbonyl (C=O) groups is 1. The number of carbonyl (C=O) groups excluding carboxylic acids is 1. The average molecular weight is 239 g/mol. The van der Waals surface area contributed by atoms with Gasteiger partial charge in [0.1, 0.15) is 0 Å². The summed E-state index contributed by atoms with van der Waals surface area (Å²) in [5.74, 6) is 0.918. The highest BCUT2D eigenvalue weighted by molar-refractivity contribution is 5.77. The number of primary amides is 1. The molecule has 1 atom stereocenters. The molecule has 3 nitrogen and oxygen atoms in total. The van der Waals surface area contributed by atoms with Gasteiger partial charge in [0.2, 0.25) is 5.91 Å². The molecule has 2 rings (SSSR count). The van der Waals surface area contributed by atoms with Gasteiger partial charge in [-0.2, -0.15) is 0 Å². The molecule has 3 N–H and O–H groups in total. The molecule has 2 aliphatic carbocycles. The third-order valence-electron chi connectivity index (χ3n) is 4.74. The third-order valence-corrected chi connectivity index (χ3v) is 4.74. The molecule has 1 amide bonds. The van der Waals surface area contributed by atoms with Crippen molar-refractivity contribution in [1.29, 1.82) is 0 Å². The summed E-state index contributed by atoms with van der Waals surface area (Å²) in [4.78, 5) is 11.7. The van der Waals surface area contributed by atoms with Gasteiger partial charge in [-0.15, -0.1) is 0 Å². The van der Waals surface area contributed by atoms with Crippen molar-refractivity contribution in [3.63, 3.8) is 0 Å². The van der Waals surface area contributed by atoms with Crippen molar-refractivity contribution < 1.29 is 9.90 Å². The number of aliphatic hydroxyl groups excluding tert-OH is 1. The number of aliphatic hydroxyl groups is 1. The van der Waals surface area contributed by atoms with E-state index in [9.17, 15) is 9.90 Å². The minimum atomic E-state index is -0.147. The van der Waals surface area contributed by atoms with Gasteiger partial charge >= 0.3 is 0 Å². The number of hydrogen-bond acceptors (Lipinski definition) is 2. The first-order valence-corrected chi connectivity index (χ1v) is 7.16. The Labute approximate surface area is 104 Å². The van der Waals surface area contributed by atoms with Crippen LogP contribution in [0, 0.1) is 17.8 Å². The van der Waals surface area contributed by atoms with E-state index in [1.54, 1.807) is 0 Å². The molecule has 1 unspecified atom stereocenters. The first kappa shape index (κ1) is 12.9. The molecule has 0 radical (unpaired) electrons. The average Bonchev–Trinajstić information content (AvgIpc) is 2.33. The van der Waals surface area contributed by atoms with Gasteiger partial charge in [0.05, 0.1) is 6.10 Å². The molecule has 0 saturated heterocycles. The molecule has 0 aromatic carbocycles. The van der Waals surface area contributed by atoms with E-state index in [2.05, 4.69) is 0 Å². The van der Waals surface area contributed by atoms with Crippen LogP contribution in [0.25, 0.3) is 0 Å². The van der Waals surface area contributed by atoms with Gasteiger partial charge < -0.3 is 10.8 Å². The zero-order valence-corrected chi connectivity index (χ0v) is 10.6. The van der Waals surface area contributed by atoms with Crippen molar-refractivity contribution in [3.05, 3.63) is 0 Å². The minimum absolute atomic E-state index is 0.0720. The lowest BCUT2D eigenvalue weighted by Crippen LogP contribution is -2.39. The Morgan fingerprint density at radius 1 is 0.941 bits per heavy atom. The summed E-state index contributed by atoms with van der Waals surface area (Å²) in [5, 5.41) is 9.54. The minimum Gasteiger partial charge on any atom is -0.393 e. The second kappa shape index (κ2) is 5.85. The maximum Gasteiger partial charge on any atom is 0.221 e. The predicted octanol–water partition coefficient (Wildman–Crippen LogP) is 2.22. The zero-order chi connectivity index (χ0) is 12.3. The first-order chi connectivity index (χ1) is 8.18. The van der Waals surface area contributed by atoms with Crippen LogP contribution in [0.4, 0.5) is 0 Å². The number of hydrogen-bond donors (Lipinski definition) is 2. The van der Waals surface area contributed by atoms with Crippen molar-refractivity contribution in [2.45, 2.75) is 63.9 Å². The van der Waals surface area contributed by atoms with Gasteiger partial charge in [-0.05, 0) is 50.4 Å². The molecule has 17 heavy (non-hydrogen) atoms. The van der Waals surface area contributed by atoms with Gasteiger partial charge in [0.25, 0.3) is 0 Å². The van der Waals surface area contributed by atoms with E-state index in [4.69, 9.17) is 5.73 Å². The van der Waals surface area contributed by atoms with Crippen LogP contribution in [-0.2, 0) is 4.79 Å². The molecule has 0 bridgehead atoms. The van der Waals surface area contributed by atoms with Crippen LogP contribution in [0.5, 0.6) is 0 Å². The van der Waals surface area contributed by atoms with Crippen molar-refractivity contribution >= 4 is 5.91 Å². The largest absolute Gasteiger partial charge is 0.393 e. The summed E-state index contributed by atoms with van der Waals surface area (Å²) < 4.78 is 0. The fourth-order valence-corrected chi connectivity index (χ4v) is 3.80. The van der Waals surface area contributed by atoms with Crippen LogP contribution in [0.15, 0.2) is 0 Å². The second-order valence-corrected chi connectivity index (χ2v) is 5.89. The monoisotopic (exact) mass is 239 g/mol. The molecule has 2 fully saturated rings. The van der Waals surface area contributed by atoms with Crippen LogP contribution < -0.4 is 5.73 Å². The number of nitrogens with two attached hydrogens (primary N) is 1. The summed E-state index contributed by atoms with van der Waals surface area (Å²) >= 11 is 0. The van der Waals surface area contributed by atoms with Crippen molar-refractivity contribution in [2.24, 2.45) is 23.5 Å². The molecule has 2 aliphatic rings. The summed E-state index contributed by atoms with van der Waals surface area (Å²) in [7, 11) is 0. The van der Waals surface area contributed by atoms with Crippen LogP contribution >= 0.6 is 0 Å². The molecule has 3 heteroatoms. The molecule has 0 aromatic rings. The zero-order valence-electron chi connectivity index (χ0n) is 10.6. The quantitative estimate of drug-likeness (QED) is 0.793. The maximum absolute atomic E-state index is 11.7. The lowest BCUT2D eigenvalue weighted by Gasteiger charge is -2.36. The van der Waals surface area contributed by atoms with E-state index in [1.807, 2.05) is 0 Å². The van der Waals surface area contributed by atoms with Gasteiger partial charge in [0, 0.05) is 5.92 Å². The van der Waals surface area contributed by atoms with E-state index in [1.165, 1.54) is 32.1 Å². The SMILES string of the molecule is NC(=O)C(C1CCCCC1)[C@H]1CC[C@H](O)CC1. The molecule has 98 valence electrons. The van der Waals surface area contributed by atoms with E-state index in [0.717, 1.165) is 25.7 Å². The fraction of sp³-hybridized carbons (Fsp3) is 0.929. The molecule has 0 heterocycles. The summed E-state index contributed by atoms with van der Waals surface area (Å²) in [6, 6.07) is 0. The summed E-state index contributed by atoms with van der Waals surface area (Å²) in [5.41, 5.74) is 5.63. The Kier molecular flexibility index (Phi) is 4.43. The van der Waals surface area contributed by atoms with E-state index in [0.29, 0.717) is 11.8 Å². The fourth-order valence-electron chi connectivity index (χ4n) is 3.80. The standard InChI is InChI=1S/C14H25NO2/c15-14(17)13(10-4-2-1-3-5-10)11-6-8-12(16)9-7-11/h10-13,16H,1-9H2,(H2,15,17)/t11-,12-,13?. The molecule has 2 saturated carbocycles. The second-order valence-electron chi connectivity index (χ2n) is 5.89. The Morgan fingerprint density at radius 3 is 2.00 bits per heavy atom. The van der Waals surface area contributed by atoms with Crippen LogP contribution in [0.1, 0.15) is 57.8 Å². The summed E-state index contributed by atoms with van der Waals surface area (Å²) in [6.45, 7) is 0. The molecule has 0 aliphatic heterocycles. The van der Waals surface area contributed by atoms with E-state index >= 15 is 0 Å². The number of amides is 1. The van der Waals surface area contributed by atoms with E-state index < -0.39 is 0 Å². The Bertz CT molecular complexity index is 253. The summed E-state index contributed by atoms with van der Waals surface area (Å²) in [6.07, 6.45) is 9.67. The highest BCUT2D eigenvalue weighted by Gasteiger charge is 2.36. The Morgan fingerprint density at radius 2 is 1.47 bits per heavy atom. The molecule has 0 aromatic heterocycles. The normalized spacial score (nSPS) is 33.2. The van der Waals surface area contributed by atoms with Gasteiger partial charge in [-0.3, -0.25) is 4.79 Å². The van der Waals surface area contributed by atoms with Crippen LogP contribution in [0.3, 0.4) is 0 Å². The van der Waals surface area contributed by atoms with Crippen molar-refractivity contribution in [3.8, 4) is 0 Å². The molecular weight excluding hydrogens is 214 g/mol. The lowest BCUT2D eigenvalue weighted by molar-refractivity contribution is -0.127. The van der Waals surface area contributed by atoms with E-state index in [-0.39, 0.29) is 17.9 Å². The Hall–Kier alpha value is -0.570. The lowest BCUT2D eigenvalue weighted by atomic mass is 9.69. The molecule has 0 spiro atoms. The topological polar surface area (TPSA) is 63.3 Å². The van der Waals surface area contributed by atoms with Crippen LogP contribution in [0.2, 0.25) is 0 Å². The predicted molar refractivity (Wildman–Crippen MR) is 67.2 cm³/mol. The van der Waals surface area contributed by atoms with Gasteiger partial charge in [-0.25, -0.2) is 0 Å². The van der Waals surface area contributed by atoms with Gasteiger partial charge in [0.15, 0.2) is 0 Å². The first-order valence-electron chi connectivity index (χ1n) is 7.16. The highest BCUT2D eigenvalue weighted by Crippen LogP contribution is 2.39. The van der Waals surface area contributed by atoms with Crippen molar-refractivity contribution in [2.75, 3.05) is 0 Å². The highest BCUT2D eigenvalue weighted by atomic mass is 16.3. The third kappa shape index (κ3) is 3.21. The van der Waals surface area contributed by atoms with Crippen molar-refractivity contribution in [1.82, 2.24) is 0 Å². The maximum atomic E-state index is 11.7. The Balaban J connectivity index is 1.98. The van der Waals surface area contributed by atoms with Gasteiger partial charge in [-0.1, -0.05) is 19.3 Å².